The van der Waals surface area contributed by atoms with Crippen molar-refractivity contribution < 1.29 is 14.3 Å². The minimum atomic E-state index is -0.334. The van der Waals surface area contributed by atoms with Gasteiger partial charge in [-0.1, -0.05) is 24.3 Å². The molecule has 0 aromatic heterocycles. The van der Waals surface area contributed by atoms with Crippen molar-refractivity contribution in [1.82, 2.24) is 0 Å². The predicted molar refractivity (Wildman–Crippen MR) is 61.8 cm³/mol. The first-order chi connectivity index (χ1) is 7.77. The lowest BCUT2D eigenvalue weighted by molar-refractivity contribution is 0.0603. The van der Waals surface area contributed by atoms with Gasteiger partial charge in [0.15, 0.2) is 0 Å². The van der Waals surface area contributed by atoms with Crippen LogP contribution in [0, 0.1) is 0 Å². The zero-order chi connectivity index (χ0) is 11.5. The summed E-state index contributed by atoms with van der Waals surface area (Å²) in [6.45, 7) is 0. The number of esters is 1. The number of fused-ring (bicyclic) bond motifs is 1. The Labute approximate surface area is 93.6 Å². The van der Waals surface area contributed by atoms with E-state index in [4.69, 9.17) is 9.47 Å². The molecule has 0 fully saturated rings. The van der Waals surface area contributed by atoms with E-state index in [2.05, 4.69) is 0 Å². The third kappa shape index (κ3) is 1.60. The summed E-state index contributed by atoms with van der Waals surface area (Å²) in [7, 11) is 2.99. The summed E-state index contributed by atoms with van der Waals surface area (Å²) in [6, 6.07) is 11.1. The van der Waals surface area contributed by atoms with Gasteiger partial charge in [-0.3, -0.25) is 0 Å². The van der Waals surface area contributed by atoms with Gasteiger partial charge in [0.1, 0.15) is 5.75 Å². The normalized spacial score (nSPS) is 10.1. The fraction of sp³-hybridized carbons (Fsp3) is 0.154. The number of hydrogen-bond acceptors (Lipinski definition) is 3. The van der Waals surface area contributed by atoms with Gasteiger partial charge in [-0.2, -0.15) is 0 Å². The van der Waals surface area contributed by atoms with Gasteiger partial charge in [-0.25, -0.2) is 4.79 Å². The molecule has 3 heteroatoms. The molecular weight excluding hydrogens is 204 g/mol. The molecule has 2 aromatic rings. The lowest BCUT2D eigenvalue weighted by atomic mass is 10.0. The molecule has 0 aliphatic carbocycles. The molecule has 0 bridgehead atoms. The van der Waals surface area contributed by atoms with E-state index in [0.717, 1.165) is 16.5 Å². The highest BCUT2D eigenvalue weighted by Gasteiger charge is 2.11. The van der Waals surface area contributed by atoms with Crippen molar-refractivity contribution in [3.8, 4) is 5.75 Å². The van der Waals surface area contributed by atoms with Gasteiger partial charge in [0.25, 0.3) is 0 Å². The molecule has 0 N–H and O–H groups in total. The van der Waals surface area contributed by atoms with Gasteiger partial charge in [-0.15, -0.1) is 0 Å². The molecule has 2 rings (SSSR count). The Morgan fingerprint density at radius 3 is 2.38 bits per heavy atom. The zero-order valence-electron chi connectivity index (χ0n) is 9.19. The SMILES string of the molecule is COC(=O)c1cccc2c(OC)cccc12. The minimum Gasteiger partial charge on any atom is -0.496 e. The first kappa shape index (κ1) is 10.5. The molecule has 0 saturated carbocycles. The molecule has 16 heavy (non-hydrogen) atoms. The molecule has 3 nitrogen and oxygen atoms in total. The van der Waals surface area contributed by atoms with Crippen LogP contribution in [0.3, 0.4) is 0 Å². The third-order valence-electron chi connectivity index (χ3n) is 2.51. The van der Waals surface area contributed by atoms with Gasteiger partial charge < -0.3 is 9.47 Å². The number of benzene rings is 2. The molecule has 0 spiro atoms. The van der Waals surface area contributed by atoms with Crippen LogP contribution in [0.5, 0.6) is 5.75 Å². The number of ether oxygens (including phenoxy) is 2. The fourth-order valence-electron chi connectivity index (χ4n) is 1.75. The van der Waals surface area contributed by atoms with Crippen LogP contribution in [0.4, 0.5) is 0 Å². The van der Waals surface area contributed by atoms with Crippen molar-refractivity contribution in [2.24, 2.45) is 0 Å². The van der Waals surface area contributed by atoms with Crippen molar-refractivity contribution in [2.75, 3.05) is 14.2 Å². The second-order valence-corrected chi connectivity index (χ2v) is 3.35. The molecular formula is C13H12O3. The predicted octanol–water partition coefficient (Wildman–Crippen LogP) is 2.64. The molecule has 0 aliphatic rings. The van der Waals surface area contributed by atoms with Crippen LogP contribution in [0.2, 0.25) is 0 Å². The molecule has 82 valence electrons. The number of carbonyl (C=O) groups is 1. The summed E-state index contributed by atoms with van der Waals surface area (Å²) in [5.41, 5.74) is 0.555. The van der Waals surface area contributed by atoms with Crippen LogP contribution in [0.1, 0.15) is 10.4 Å². The third-order valence-corrected chi connectivity index (χ3v) is 2.51. The van der Waals surface area contributed by atoms with Crippen LogP contribution < -0.4 is 4.74 Å². The Kier molecular flexibility index (Phi) is 2.77. The Hall–Kier alpha value is -2.03. The van der Waals surface area contributed by atoms with E-state index in [1.807, 2.05) is 30.3 Å². The highest BCUT2D eigenvalue weighted by Crippen LogP contribution is 2.27. The smallest absolute Gasteiger partial charge is 0.338 e. The molecule has 0 amide bonds. The average Bonchev–Trinajstić information content (AvgIpc) is 2.36. The zero-order valence-corrected chi connectivity index (χ0v) is 9.19. The minimum absolute atomic E-state index is 0.334. The van der Waals surface area contributed by atoms with E-state index < -0.39 is 0 Å². The Balaban J connectivity index is 2.73. The number of methoxy groups -OCH3 is 2. The monoisotopic (exact) mass is 216 g/mol. The highest BCUT2D eigenvalue weighted by atomic mass is 16.5. The van der Waals surface area contributed by atoms with Crippen LogP contribution in [0.25, 0.3) is 10.8 Å². The van der Waals surface area contributed by atoms with E-state index in [1.54, 1.807) is 13.2 Å². The van der Waals surface area contributed by atoms with Crippen molar-refractivity contribution >= 4 is 16.7 Å². The molecule has 0 heterocycles. The van der Waals surface area contributed by atoms with Crippen LogP contribution in [-0.4, -0.2) is 20.2 Å². The summed E-state index contributed by atoms with van der Waals surface area (Å²) >= 11 is 0. The molecule has 0 aliphatic heterocycles. The van der Waals surface area contributed by atoms with Gasteiger partial charge in [0.2, 0.25) is 0 Å². The largest absolute Gasteiger partial charge is 0.496 e. The molecule has 2 aromatic carbocycles. The van der Waals surface area contributed by atoms with Crippen LogP contribution >= 0.6 is 0 Å². The van der Waals surface area contributed by atoms with Crippen LogP contribution in [-0.2, 0) is 4.74 Å². The van der Waals surface area contributed by atoms with Gasteiger partial charge in [-0.05, 0) is 17.5 Å². The van der Waals surface area contributed by atoms with Crippen molar-refractivity contribution in [3.05, 3.63) is 42.0 Å². The van der Waals surface area contributed by atoms with Crippen molar-refractivity contribution in [2.45, 2.75) is 0 Å². The van der Waals surface area contributed by atoms with E-state index in [0.29, 0.717) is 5.56 Å². The maximum atomic E-state index is 11.6. The highest BCUT2D eigenvalue weighted by molar-refractivity contribution is 6.06. The van der Waals surface area contributed by atoms with E-state index in [-0.39, 0.29) is 5.97 Å². The van der Waals surface area contributed by atoms with Gasteiger partial charge in [0.05, 0.1) is 19.8 Å². The molecule has 0 saturated heterocycles. The second kappa shape index (κ2) is 4.23. The van der Waals surface area contributed by atoms with Gasteiger partial charge >= 0.3 is 5.97 Å². The average molecular weight is 216 g/mol. The second-order valence-electron chi connectivity index (χ2n) is 3.35. The number of rotatable bonds is 2. The molecule has 0 unspecified atom stereocenters. The lowest BCUT2D eigenvalue weighted by Gasteiger charge is -2.08. The van der Waals surface area contributed by atoms with Crippen molar-refractivity contribution in [1.29, 1.82) is 0 Å². The Morgan fingerprint density at radius 2 is 1.69 bits per heavy atom. The maximum absolute atomic E-state index is 11.6. The number of carbonyl (C=O) groups excluding carboxylic acids is 1. The summed E-state index contributed by atoms with van der Waals surface area (Å²) < 4.78 is 9.98. The summed E-state index contributed by atoms with van der Waals surface area (Å²) in [4.78, 5) is 11.6. The topological polar surface area (TPSA) is 35.5 Å². The quantitative estimate of drug-likeness (QED) is 0.724. The maximum Gasteiger partial charge on any atom is 0.338 e. The number of hydrogen-bond donors (Lipinski definition) is 0. The summed E-state index contributed by atoms with van der Waals surface area (Å²) in [5, 5.41) is 1.75. The first-order valence-corrected chi connectivity index (χ1v) is 4.92. The molecule has 0 radical (unpaired) electrons. The van der Waals surface area contributed by atoms with Crippen molar-refractivity contribution in [3.63, 3.8) is 0 Å². The lowest BCUT2D eigenvalue weighted by Crippen LogP contribution is -2.02. The molecule has 0 atom stereocenters. The fourth-order valence-corrected chi connectivity index (χ4v) is 1.75. The first-order valence-electron chi connectivity index (χ1n) is 4.92. The summed E-state index contributed by atoms with van der Waals surface area (Å²) in [5.74, 6) is 0.419. The van der Waals surface area contributed by atoms with E-state index >= 15 is 0 Å². The standard InChI is InChI=1S/C13H12O3/c1-15-12-8-4-5-9-10(12)6-3-7-11(9)13(14)16-2/h3-8H,1-2H3. The summed E-state index contributed by atoms with van der Waals surface area (Å²) in [6.07, 6.45) is 0. The van der Waals surface area contributed by atoms with E-state index in [1.165, 1.54) is 7.11 Å². The Morgan fingerprint density at radius 1 is 1.00 bits per heavy atom. The van der Waals surface area contributed by atoms with E-state index in [9.17, 15) is 4.79 Å². The van der Waals surface area contributed by atoms with Crippen LogP contribution in [0.15, 0.2) is 36.4 Å². The van der Waals surface area contributed by atoms with Gasteiger partial charge in [0, 0.05) is 5.39 Å². The Bertz CT molecular complexity index is 532.